The van der Waals surface area contributed by atoms with Gasteiger partial charge in [0, 0.05) is 18.2 Å². The lowest BCUT2D eigenvalue weighted by atomic mass is 10.0. The second-order valence-electron chi connectivity index (χ2n) is 5.03. The fourth-order valence-electron chi connectivity index (χ4n) is 1.94. The van der Waals surface area contributed by atoms with Crippen molar-refractivity contribution in [1.82, 2.24) is 0 Å². The van der Waals surface area contributed by atoms with E-state index >= 15 is 0 Å². The van der Waals surface area contributed by atoms with Crippen LogP contribution in [0.25, 0.3) is 0 Å². The lowest BCUT2D eigenvalue weighted by Gasteiger charge is -2.11. The van der Waals surface area contributed by atoms with Gasteiger partial charge in [-0.25, -0.2) is 0 Å². The summed E-state index contributed by atoms with van der Waals surface area (Å²) in [6, 6.07) is 18.4. The number of benzene rings is 2. The van der Waals surface area contributed by atoms with Crippen LogP contribution in [0, 0.1) is 6.92 Å². The minimum absolute atomic E-state index is 0.353. The van der Waals surface area contributed by atoms with Crippen molar-refractivity contribution in [3.8, 4) is 0 Å². The first-order valence-corrected chi connectivity index (χ1v) is 6.83. The van der Waals surface area contributed by atoms with Gasteiger partial charge in [0.25, 0.3) is 0 Å². The number of hydrogen-bond acceptors (Lipinski definition) is 1. The van der Waals surface area contributed by atoms with Crippen LogP contribution in [0.2, 0.25) is 0 Å². The van der Waals surface area contributed by atoms with Crippen molar-refractivity contribution in [2.75, 3.05) is 11.9 Å². The van der Waals surface area contributed by atoms with Gasteiger partial charge in [-0.15, -0.1) is 0 Å². The molecule has 1 unspecified atom stereocenters. The monoisotopic (exact) mass is 267 g/mol. The number of nitrogens with zero attached hydrogens (tertiary/aromatic N) is 1. The van der Waals surface area contributed by atoms with Crippen LogP contribution in [0.5, 0.6) is 0 Å². The predicted octanol–water partition coefficient (Wildman–Crippen LogP) is 3.53. The van der Waals surface area contributed by atoms with Crippen molar-refractivity contribution >= 4 is 11.6 Å². The quantitative estimate of drug-likeness (QED) is 0.657. The van der Waals surface area contributed by atoms with Crippen molar-refractivity contribution in [2.45, 2.75) is 19.8 Å². The van der Waals surface area contributed by atoms with Crippen LogP contribution < -0.4 is 11.1 Å². The van der Waals surface area contributed by atoms with E-state index in [0.29, 0.717) is 18.4 Å². The van der Waals surface area contributed by atoms with Crippen LogP contribution in [0.15, 0.2) is 59.6 Å². The summed E-state index contributed by atoms with van der Waals surface area (Å²) < 4.78 is 0. The van der Waals surface area contributed by atoms with Crippen molar-refractivity contribution in [3.05, 3.63) is 65.7 Å². The maximum Gasteiger partial charge on any atom is 0.193 e. The SMILES string of the molecule is Cc1ccc(C(C)CN=C(N)Nc2ccccc2)cc1. The first-order valence-electron chi connectivity index (χ1n) is 6.83. The molecule has 0 saturated heterocycles. The van der Waals surface area contributed by atoms with E-state index in [9.17, 15) is 0 Å². The highest BCUT2D eigenvalue weighted by Crippen LogP contribution is 2.16. The number of aliphatic imine (C=N–C) groups is 1. The third kappa shape index (κ3) is 4.12. The van der Waals surface area contributed by atoms with Gasteiger partial charge in [-0.05, 0) is 24.6 Å². The first kappa shape index (κ1) is 14.1. The molecule has 3 nitrogen and oxygen atoms in total. The lowest BCUT2D eigenvalue weighted by Crippen LogP contribution is -2.23. The molecule has 0 heterocycles. The fraction of sp³-hybridized carbons (Fsp3) is 0.235. The van der Waals surface area contributed by atoms with E-state index in [0.717, 1.165) is 5.69 Å². The molecule has 0 radical (unpaired) electrons. The van der Waals surface area contributed by atoms with Crippen LogP contribution in [0.4, 0.5) is 5.69 Å². The Morgan fingerprint density at radius 2 is 1.75 bits per heavy atom. The molecule has 0 aromatic heterocycles. The number of para-hydroxylation sites is 1. The lowest BCUT2D eigenvalue weighted by molar-refractivity contribution is 0.774. The number of aryl methyl sites for hydroxylation is 1. The average Bonchev–Trinajstić information content (AvgIpc) is 2.46. The minimum atomic E-state index is 0.353. The Hall–Kier alpha value is -2.29. The number of rotatable bonds is 4. The molecule has 20 heavy (non-hydrogen) atoms. The molecule has 2 aromatic carbocycles. The van der Waals surface area contributed by atoms with E-state index in [1.165, 1.54) is 11.1 Å². The largest absolute Gasteiger partial charge is 0.370 e. The highest BCUT2D eigenvalue weighted by atomic mass is 15.1. The number of nitrogens with one attached hydrogen (secondary N) is 1. The smallest absolute Gasteiger partial charge is 0.193 e. The third-order valence-electron chi connectivity index (χ3n) is 3.23. The van der Waals surface area contributed by atoms with Crippen LogP contribution in [0.1, 0.15) is 24.0 Å². The van der Waals surface area contributed by atoms with Gasteiger partial charge in [0.05, 0.1) is 0 Å². The van der Waals surface area contributed by atoms with E-state index in [2.05, 4.69) is 48.4 Å². The molecule has 1 atom stereocenters. The molecule has 0 spiro atoms. The van der Waals surface area contributed by atoms with Gasteiger partial charge in [0.1, 0.15) is 0 Å². The normalized spacial score (nSPS) is 13.0. The molecule has 0 aliphatic heterocycles. The molecule has 3 heteroatoms. The fourth-order valence-corrected chi connectivity index (χ4v) is 1.94. The second kappa shape index (κ2) is 6.75. The summed E-state index contributed by atoms with van der Waals surface area (Å²) in [6.45, 7) is 4.92. The van der Waals surface area contributed by atoms with Crippen LogP contribution in [0.3, 0.4) is 0 Å². The number of hydrogen-bond donors (Lipinski definition) is 2. The Bertz CT molecular complexity index is 559. The Labute approximate surface area is 120 Å². The zero-order chi connectivity index (χ0) is 14.4. The summed E-state index contributed by atoms with van der Waals surface area (Å²) in [6.07, 6.45) is 0. The Morgan fingerprint density at radius 1 is 1.10 bits per heavy atom. The zero-order valence-electron chi connectivity index (χ0n) is 12.0. The predicted molar refractivity (Wildman–Crippen MR) is 86.1 cm³/mol. The first-order chi connectivity index (χ1) is 9.65. The van der Waals surface area contributed by atoms with Gasteiger partial charge >= 0.3 is 0 Å². The molecular weight excluding hydrogens is 246 g/mol. The summed E-state index contributed by atoms with van der Waals surface area (Å²) in [5, 5.41) is 3.09. The van der Waals surface area contributed by atoms with E-state index in [1.54, 1.807) is 0 Å². The molecule has 0 bridgehead atoms. The van der Waals surface area contributed by atoms with Crippen molar-refractivity contribution in [1.29, 1.82) is 0 Å². The highest BCUT2D eigenvalue weighted by Gasteiger charge is 2.04. The second-order valence-corrected chi connectivity index (χ2v) is 5.03. The standard InChI is InChI=1S/C17H21N3/c1-13-8-10-15(11-9-13)14(2)12-19-17(18)20-16-6-4-3-5-7-16/h3-11,14H,12H2,1-2H3,(H3,18,19,20). The van der Waals surface area contributed by atoms with Crippen LogP contribution in [-0.2, 0) is 0 Å². The zero-order valence-corrected chi connectivity index (χ0v) is 12.0. The summed E-state index contributed by atoms with van der Waals surface area (Å²) in [4.78, 5) is 4.40. The molecule has 0 aliphatic carbocycles. The summed E-state index contributed by atoms with van der Waals surface area (Å²) in [5.74, 6) is 0.807. The van der Waals surface area contributed by atoms with Crippen molar-refractivity contribution in [3.63, 3.8) is 0 Å². The summed E-state index contributed by atoms with van der Waals surface area (Å²) >= 11 is 0. The van der Waals surface area contributed by atoms with E-state index < -0.39 is 0 Å². The van der Waals surface area contributed by atoms with Gasteiger partial charge < -0.3 is 11.1 Å². The molecule has 0 aliphatic rings. The van der Waals surface area contributed by atoms with Gasteiger partial charge in [0.15, 0.2) is 5.96 Å². The Kier molecular flexibility index (Phi) is 4.77. The Morgan fingerprint density at radius 3 is 2.40 bits per heavy atom. The molecule has 2 aromatic rings. The van der Waals surface area contributed by atoms with Gasteiger partial charge in [0.2, 0.25) is 0 Å². The molecule has 0 fully saturated rings. The molecule has 104 valence electrons. The Balaban J connectivity index is 1.93. The maximum atomic E-state index is 5.90. The minimum Gasteiger partial charge on any atom is -0.370 e. The average molecular weight is 267 g/mol. The summed E-state index contributed by atoms with van der Waals surface area (Å²) in [7, 11) is 0. The van der Waals surface area contributed by atoms with E-state index in [-0.39, 0.29) is 0 Å². The van der Waals surface area contributed by atoms with Crippen molar-refractivity contribution in [2.24, 2.45) is 10.7 Å². The topological polar surface area (TPSA) is 50.4 Å². The van der Waals surface area contributed by atoms with E-state index in [1.807, 2.05) is 30.3 Å². The molecule has 0 saturated carbocycles. The third-order valence-corrected chi connectivity index (χ3v) is 3.23. The number of guanidine groups is 1. The van der Waals surface area contributed by atoms with Gasteiger partial charge in [-0.1, -0.05) is 55.0 Å². The highest BCUT2D eigenvalue weighted by molar-refractivity contribution is 5.92. The maximum absolute atomic E-state index is 5.90. The molecule has 0 amide bonds. The van der Waals surface area contributed by atoms with Gasteiger partial charge in [-0.3, -0.25) is 4.99 Å². The van der Waals surface area contributed by atoms with Crippen LogP contribution >= 0.6 is 0 Å². The molecule has 2 rings (SSSR count). The van der Waals surface area contributed by atoms with E-state index in [4.69, 9.17) is 5.73 Å². The summed E-state index contributed by atoms with van der Waals surface area (Å²) in [5.41, 5.74) is 9.41. The molecule has 3 N–H and O–H groups in total. The van der Waals surface area contributed by atoms with Crippen molar-refractivity contribution < 1.29 is 0 Å². The molecular formula is C17H21N3. The van der Waals surface area contributed by atoms with Gasteiger partial charge in [-0.2, -0.15) is 0 Å². The number of nitrogens with two attached hydrogens (primary N) is 1. The number of anilines is 1. The van der Waals surface area contributed by atoms with Crippen LogP contribution in [-0.4, -0.2) is 12.5 Å².